The van der Waals surface area contributed by atoms with E-state index in [2.05, 4.69) is 26.1 Å². The lowest BCUT2D eigenvalue weighted by atomic mass is 9.92. The van der Waals surface area contributed by atoms with Gasteiger partial charge < -0.3 is 10.2 Å². The van der Waals surface area contributed by atoms with Gasteiger partial charge in [-0.25, -0.2) is 0 Å². The van der Waals surface area contributed by atoms with E-state index in [9.17, 15) is 9.59 Å². The molecule has 2 amide bonds. The van der Waals surface area contributed by atoms with Crippen LogP contribution in [0.1, 0.15) is 27.2 Å². The minimum Gasteiger partial charge on any atom is -0.355 e. The molecule has 0 saturated heterocycles. The average molecular weight is 249 g/mol. The predicted octanol–water partition coefficient (Wildman–Crippen LogP) is 1.24. The summed E-state index contributed by atoms with van der Waals surface area (Å²) in [7, 11) is 1.56. The number of alkyl halides is 1. The highest BCUT2D eigenvalue weighted by molar-refractivity contribution is 6.27. The zero-order chi connectivity index (χ0) is 12.8. The summed E-state index contributed by atoms with van der Waals surface area (Å²) in [5.41, 5.74) is 0.200. The molecule has 94 valence electrons. The fourth-order valence-corrected chi connectivity index (χ4v) is 1.24. The highest BCUT2D eigenvalue weighted by Gasteiger charge is 2.13. The Morgan fingerprint density at radius 1 is 1.31 bits per heavy atom. The third kappa shape index (κ3) is 7.51. The summed E-state index contributed by atoms with van der Waals surface area (Å²) < 4.78 is 0. The van der Waals surface area contributed by atoms with Crippen molar-refractivity contribution in [2.75, 3.05) is 26.0 Å². The number of nitrogens with zero attached hydrogens (tertiary/aromatic N) is 1. The van der Waals surface area contributed by atoms with Crippen LogP contribution >= 0.6 is 11.6 Å². The van der Waals surface area contributed by atoms with Crippen LogP contribution in [0.25, 0.3) is 0 Å². The molecule has 0 aromatic rings. The van der Waals surface area contributed by atoms with E-state index in [0.717, 1.165) is 6.42 Å². The first-order valence-corrected chi connectivity index (χ1v) is 5.86. The van der Waals surface area contributed by atoms with E-state index in [1.165, 1.54) is 4.90 Å². The maximum Gasteiger partial charge on any atom is 0.239 e. The summed E-state index contributed by atoms with van der Waals surface area (Å²) in [6, 6.07) is 0. The molecule has 0 aliphatic rings. The Bertz CT molecular complexity index is 249. The van der Waals surface area contributed by atoms with Gasteiger partial charge in [-0.3, -0.25) is 9.59 Å². The normalized spacial score (nSPS) is 11.1. The van der Waals surface area contributed by atoms with Crippen molar-refractivity contribution < 1.29 is 9.59 Å². The largest absolute Gasteiger partial charge is 0.355 e. The molecule has 0 unspecified atom stereocenters. The van der Waals surface area contributed by atoms with Gasteiger partial charge in [0.1, 0.15) is 5.88 Å². The van der Waals surface area contributed by atoms with Crippen LogP contribution in [0.3, 0.4) is 0 Å². The van der Waals surface area contributed by atoms with E-state index in [1.54, 1.807) is 7.05 Å². The average Bonchev–Trinajstić information content (AvgIpc) is 2.14. The Balaban J connectivity index is 3.79. The van der Waals surface area contributed by atoms with E-state index >= 15 is 0 Å². The second-order valence-corrected chi connectivity index (χ2v) is 5.31. The molecule has 0 heterocycles. The molecule has 0 atom stereocenters. The van der Waals surface area contributed by atoms with Crippen LogP contribution < -0.4 is 5.32 Å². The Morgan fingerprint density at radius 2 is 1.88 bits per heavy atom. The molecule has 0 bridgehead atoms. The highest BCUT2D eigenvalue weighted by atomic mass is 35.5. The number of carbonyl (C=O) groups is 2. The van der Waals surface area contributed by atoms with E-state index in [-0.39, 0.29) is 29.7 Å². The number of hydrogen-bond donors (Lipinski definition) is 1. The van der Waals surface area contributed by atoms with Gasteiger partial charge in [0.25, 0.3) is 0 Å². The lowest BCUT2D eigenvalue weighted by Crippen LogP contribution is -2.39. The van der Waals surface area contributed by atoms with Crippen molar-refractivity contribution in [3.05, 3.63) is 0 Å². The monoisotopic (exact) mass is 248 g/mol. The van der Waals surface area contributed by atoms with Crippen molar-refractivity contribution in [3.63, 3.8) is 0 Å². The van der Waals surface area contributed by atoms with Gasteiger partial charge in [-0.1, -0.05) is 20.8 Å². The molecule has 0 aromatic heterocycles. The third-order valence-corrected chi connectivity index (χ3v) is 2.35. The summed E-state index contributed by atoms with van der Waals surface area (Å²) in [6.45, 7) is 7.04. The van der Waals surface area contributed by atoms with Crippen LogP contribution in [-0.2, 0) is 9.59 Å². The Morgan fingerprint density at radius 3 is 2.31 bits per heavy atom. The number of hydrogen-bond acceptors (Lipinski definition) is 2. The third-order valence-electron chi connectivity index (χ3n) is 2.12. The SMILES string of the molecule is CN(CC(=O)NCCC(C)(C)C)C(=O)CCl. The van der Waals surface area contributed by atoms with Gasteiger partial charge >= 0.3 is 0 Å². The zero-order valence-electron chi connectivity index (χ0n) is 10.5. The van der Waals surface area contributed by atoms with Gasteiger partial charge in [0.2, 0.25) is 11.8 Å². The van der Waals surface area contributed by atoms with Crippen molar-refractivity contribution in [2.24, 2.45) is 5.41 Å². The number of nitrogens with one attached hydrogen (secondary N) is 1. The summed E-state index contributed by atoms with van der Waals surface area (Å²) in [5.74, 6) is -0.482. The van der Waals surface area contributed by atoms with Gasteiger partial charge in [-0.05, 0) is 11.8 Å². The predicted molar refractivity (Wildman–Crippen MR) is 65.4 cm³/mol. The summed E-state index contributed by atoms with van der Waals surface area (Å²) in [4.78, 5) is 23.8. The first-order chi connectivity index (χ1) is 7.26. The quantitative estimate of drug-likeness (QED) is 0.745. The Kier molecular flexibility index (Phi) is 6.41. The molecule has 16 heavy (non-hydrogen) atoms. The van der Waals surface area contributed by atoms with Crippen LogP contribution in [0, 0.1) is 5.41 Å². The molecule has 0 rings (SSSR count). The van der Waals surface area contributed by atoms with Gasteiger partial charge in [-0.15, -0.1) is 11.6 Å². The lowest BCUT2D eigenvalue weighted by Gasteiger charge is -2.19. The van der Waals surface area contributed by atoms with E-state index in [1.807, 2.05) is 0 Å². The van der Waals surface area contributed by atoms with Gasteiger partial charge in [0.05, 0.1) is 6.54 Å². The zero-order valence-corrected chi connectivity index (χ0v) is 11.2. The molecule has 0 aliphatic carbocycles. The van der Waals surface area contributed by atoms with Crippen LogP contribution in [0.4, 0.5) is 0 Å². The molecule has 0 aromatic carbocycles. The smallest absolute Gasteiger partial charge is 0.239 e. The molecular formula is C11H21ClN2O2. The number of rotatable bonds is 5. The number of carbonyl (C=O) groups excluding carboxylic acids is 2. The lowest BCUT2D eigenvalue weighted by molar-refractivity contribution is -0.132. The van der Waals surface area contributed by atoms with E-state index in [4.69, 9.17) is 11.6 Å². The van der Waals surface area contributed by atoms with Crippen molar-refractivity contribution in [2.45, 2.75) is 27.2 Å². The Labute approximate surface area is 102 Å². The second-order valence-electron chi connectivity index (χ2n) is 5.04. The number of likely N-dealkylation sites (N-methyl/N-ethyl adjacent to an activating group) is 1. The molecule has 0 saturated carbocycles. The fourth-order valence-electron chi connectivity index (χ4n) is 1.04. The van der Waals surface area contributed by atoms with Crippen molar-refractivity contribution in [1.29, 1.82) is 0 Å². The van der Waals surface area contributed by atoms with Gasteiger partial charge in [0.15, 0.2) is 0 Å². The van der Waals surface area contributed by atoms with Crippen LogP contribution in [-0.4, -0.2) is 42.7 Å². The first-order valence-electron chi connectivity index (χ1n) is 5.33. The van der Waals surface area contributed by atoms with E-state index in [0.29, 0.717) is 6.54 Å². The first kappa shape index (κ1) is 15.2. The molecule has 4 nitrogen and oxygen atoms in total. The topological polar surface area (TPSA) is 49.4 Å². The van der Waals surface area contributed by atoms with Crippen molar-refractivity contribution in [1.82, 2.24) is 10.2 Å². The molecule has 0 radical (unpaired) electrons. The van der Waals surface area contributed by atoms with Crippen LogP contribution in [0.5, 0.6) is 0 Å². The molecule has 5 heteroatoms. The molecule has 0 spiro atoms. The maximum absolute atomic E-state index is 11.4. The minimum absolute atomic E-state index is 0.0652. The summed E-state index contributed by atoms with van der Waals surface area (Å²) in [5, 5.41) is 2.77. The van der Waals surface area contributed by atoms with Crippen molar-refractivity contribution in [3.8, 4) is 0 Å². The molecule has 0 fully saturated rings. The van der Waals surface area contributed by atoms with E-state index < -0.39 is 0 Å². The van der Waals surface area contributed by atoms with Gasteiger partial charge in [0, 0.05) is 13.6 Å². The maximum atomic E-state index is 11.4. The standard InChI is InChI=1S/C11H21ClN2O2/c1-11(2,3)5-6-13-9(15)8-14(4)10(16)7-12/h5-8H2,1-4H3,(H,13,15). The molecule has 1 N–H and O–H groups in total. The van der Waals surface area contributed by atoms with Crippen LogP contribution in [0.15, 0.2) is 0 Å². The Hall–Kier alpha value is -0.770. The van der Waals surface area contributed by atoms with Crippen molar-refractivity contribution >= 4 is 23.4 Å². The number of halogens is 1. The summed E-state index contributed by atoms with van der Waals surface area (Å²) in [6.07, 6.45) is 0.909. The highest BCUT2D eigenvalue weighted by Crippen LogP contribution is 2.16. The fraction of sp³-hybridized carbons (Fsp3) is 0.818. The summed E-state index contributed by atoms with van der Waals surface area (Å²) >= 11 is 5.37. The number of amides is 2. The molecular weight excluding hydrogens is 228 g/mol. The minimum atomic E-state index is -0.243. The van der Waals surface area contributed by atoms with Crippen LogP contribution in [0.2, 0.25) is 0 Å². The second kappa shape index (κ2) is 6.74. The van der Waals surface area contributed by atoms with Gasteiger partial charge in [-0.2, -0.15) is 0 Å². The molecule has 0 aliphatic heterocycles.